The number of hydrogen-bond donors (Lipinski definition) is 1. The van der Waals surface area contributed by atoms with Gasteiger partial charge in [0.05, 0.1) is 41.4 Å². The first kappa shape index (κ1) is 47.1. The molecule has 352 valence electrons. The SMILES string of the molecule is CN1C=NC2=C(CN(C3CCN(Cc4ccccc4-c4ccc(Cl)cc4)CC3)C2)C1NS(=O)(=O)c1ccc(N2CC2(CCN2CCOCC2)CSc2ccccc2)c(S(=O)(=O)C(F)(F)F)c1. The highest BCUT2D eigenvalue weighted by atomic mass is 35.5. The number of aliphatic imine (C=N–C) groups is 1. The molecule has 1 N–H and O–H groups in total. The molecule has 0 amide bonds. The summed E-state index contributed by atoms with van der Waals surface area (Å²) >= 11 is 7.71. The van der Waals surface area contributed by atoms with Crippen LogP contribution >= 0.6 is 23.4 Å². The van der Waals surface area contributed by atoms with Gasteiger partial charge in [0.2, 0.25) is 10.0 Å². The van der Waals surface area contributed by atoms with Crippen molar-refractivity contribution >= 4 is 55.2 Å². The number of benzene rings is 4. The molecular weight excluding hydrogens is 931 g/mol. The van der Waals surface area contributed by atoms with E-state index >= 15 is 0 Å². The second-order valence-corrected chi connectivity index (χ2v) is 22.8. The molecule has 2 unspecified atom stereocenters. The van der Waals surface area contributed by atoms with Gasteiger partial charge in [0, 0.05) is 80.1 Å². The number of likely N-dealkylation sites (N-methyl/N-ethyl adjacent to an activating group) is 1. The Morgan fingerprint density at radius 1 is 0.879 bits per heavy atom. The largest absolute Gasteiger partial charge is 0.501 e. The number of ether oxygens (including phenoxy) is 1. The maximum atomic E-state index is 14.5. The van der Waals surface area contributed by atoms with Crippen LogP contribution in [0.4, 0.5) is 18.9 Å². The molecule has 2 atom stereocenters. The van der Waals surface area contributed by atoms with E-state index in [4.69, 9.17) is 16.3 Å². The van der Waals surface area contributed by atoms with E-state index in [-0.39, 0.29) is 11.7 Å². The fraction of sp³-hybridized carbons (Fsp3) is 0.426. The summed E-state index contributed by atoms with van der Waals surface area (Å²) < 4.78 is 107. The van der Waals surface area contributed by atoms with Gasteiger partial charge in [-0.25, -0.2) is 21.8 Å². The van der Waals surface area contributed by atoms with Crippen molar-refractivity contribution in [2.45, 2.75) is 63.7 Å². The van der Waals surface area contributed by atoms with Gasteiger partial charge in [-0.05, 0) is 91.5 Å². The second kappa shape index (κ2) is 19.2. The first-order valence-corrected chi connectivity index (χ1v) is 26.4. The second-order valence-electron chi connectivity index (χ2n) is 17.7. The van der Waals surface area contributed by atoms with Crippen molar-refractivity contribution in [3.63, 3.8) is 0 Å². The summed E-state index contributed by atoms with van der Waals surface area (Å²) in [4.78, 5) is 14.3. The molecule has 19 heteroatoms. The molecule has 5 aliphatic rings. The van der Waals surface area contributed by atoms with Gasteiger partial charge in [0.25, 0.3) is 9.84 Å². The Morgan fingerprint density at radius 2 is 1.59 bits per heavy atom. The number of sulfone groups is 1. The minimum Gasteiger partial charge on any atom is -0.379 e. The van der Waals surface area contributed by atoms with Gasteiger partial charge in [-0.2, -0.15) is 17.9 Å². The standard InChI is InChI=1S/C47H53ClF3N7O5S3/c1-54-33-52-42-30-57(37-17-20-56(21-18-37)28-35-7-5-6-10-40(35)34-11-13-36(48)14-12-34)29-41(42)45(54)53-66(61,62)39-15-16-43(44(27-39)65(59,60)47(49,50)51)58-31-46(58,19-22-55-23-25-63-26-24-55)32-64-38-8-3-2-4-9-38/h2-16,27,33,37,45,53H,17-26,28-32H2,1H3. The zero-order valence-electron chi connectivity index (χ0n) is 36.5. The van der Waals surface area contributed by atoms with E-state index in [0.717, 1.165) is 67.3 Å². The van der Waals surface area contributed by atoms with Crippen LogP contribution in [0.5, 0.6) is 0 Å². The summed E-state index contributed by atoms with van der Waals surface area (Å²) in [6.07, 6.45) is 3.01. The maximum Gasteiger partial charge on any atom is 0.501 e. The van der Waals surface area contributed by atoms with Crippen LogP contribution in [0.2, 0.25) is 5.02 Å². The Hall–Kier alpha value is -3.98. The lowest BCUT2D eigenvalue weighted by Crippen LogP contribution is -2.49. The van der Waals surface area contributed by atoms with E-state index in [9.17, 15) is 30.0 Å². The number of thioether (sulfide) groups is 1. The quantitative estimate of drug-likeness (QED) is 0.0965. The summed E-state index contributed by atoms with van der Waals surface area (Å²) in [5.41, 5.74) is -1.52. The first-order chi connectivity index (χ1) is 31.6. The van der Waals surface area contributed by atoms with E-state index in [2.05, 4.69) is 42.6 Å². The predicted molar refractivity (Wildman–Crippen MR) is 253 cm³/mol. The molecule has 4 aromatic rings. The van der Waals surface area contributed by atoms with Crippen LogP contribution in [0.15, 0.2) is 128 Å². The van der Waals surface area contributed by atoms with Crippen molar-refractivity contribution in [3.05, 3.63) is 119 Å². The molecule has 0 saturated carbocycles. The van der Waals surface area contributed by atoms with Crippen molar-refractivity contribution in [2.24, 2.45) is 4.99 Å². The van der Waals surface area contributed by atoms with E-state index in [1.54, 1.807) is 34.9 Å². The zero-order chi connectivity index (χ0) is 46.3. The van der Waals surface area contributed by atoms with Gasteiger partial charge >= 0.3 is 5.51 Å². The van der Waals surface area contributed by atoms with Crippen molar-refractivity contribution in [3.8, 4) is 11.1 Å². The molecule has 0 aromatic heterocycles. The van der Waals surface area contributed by atoms with Crippen LogP contribution in [0.3, 0.4) is 0 Å². The van der Waals surface area contributed by atoms with Crippen LogP contribution < -0.4 is 9.62 Å². The highest BCUT2D eigenvalue weighted by Crippen LogP contribution is 2.49. The van der Waals surface area contributed by atoms with Crippen molar-refractivity contribution in [1.82, 2.24) is 24.3 Å². The first-order valence-electron chi connectivity index (χ1n) is 22.1. The van der Waals surface area contributed by atoms with Crippen molar-refractivity contribution in [2.75, 3.05) is 83.3 Å². The third-order valence-electron chi connectivity index (χ3n) is 13.4. The minimum absolute atomic E-state index is 0.169. The topological polar surface area (TPSA) is 118 Å². The fourth-order valence-electron chi connectivity index (χ4n) is 9.54. The summed E-state index contributed by atoms with van der Waals surface area (Å²) in [5, 5.41) is 0.692. The van der Waals surface area contributed by atoms with Gasteiger partial charge in [0.15, 0.2) is 0 Å². The Labute approximate surface area is 394 Å². The van der Waals surface area contributed by atoms with Gasteiger partial charge < -0.3 is 14.5 Å². The van der Waals surface area contributed by atoms with Gasteiger partial charge in [-0.1, -0.05) is 66.2 Å². The van der Waals surface area contributed by atoms with Crippen molar-refractivity contribution in [1.29, 1.82) is 0 Å². The molecule has 5 heterocycles. The summed E-state index contributed by atoms with van der Waals surface area (Å²) in [6.45, 7) is 7.06. The van der Waals surface area contributed by atoms with Crippen molar-refractivity contribution < 1.29 is 34.7 Å². The molecule has 0 aliphatic carbocycles. The summed E-state index contributed by atoms with van der Waals surface area (Å²) in [7, 11) is -8.89. The molecule has 4 aromatic carbocycles. The monoisotopic (exact) mass is 983 g/mol. The molecule has 0 bridgehead atoms. The van der Waals surface area contributed by atoms with Crippen LogP contribution in [0.25, 0.3) is 11.1 Å². The van der Waals surface area contributed by atoms with Crippen LogP contribution in [-0.2, 0) is 31.1 Å². The molecule has 3 fully saturated rings. The fourth-order valence-corrected chi connectivity index (χ4v) is 13.2. The third kappa shape index (κ3) is 10.1. The number of likely N-dealkylation sites (tertiary alicyclic amines) is 1. The Balaban J connectivity index is 0.902. The molecule has 12 nitrogen and oxygen atoms in total. The number of nitrogens with zero attached hydrogens (tertiary/aromatic N) is 6. The number of rotatable bonds is 15. The average Bonchev–Trinajstić information content (AvgIpc) is 3.87. The van der Waals surface area contributed by atoms with Gasteiger partial charge in [-0.15, -0.1) is 11.8 Å². The molecular formula is C47H53ClF3N7O5S3. The number of piperidine rings is 1. The number of alkyl halides is 3. The molecule has 5 aliphatic heterocycles. The summed E-state index contributed by atoms with van der Waals surface area (Å²) in [6, 6.07) is 29.2. The van der Waals surface area contributed by atoms with Gasteiger partial charge in [-0.3, -0.25) is 14.7 Å². The lowest BCUT2D eigenvalue weighted by atomic mass is 9.97. The number of halogens is 4. The Bertz CT molecular complexity index is 2680. The van der Waals surface area contributed by atoms with Crippen LogP contribution in [0.1, 0.15) is 24.8 Å². The van der Waals surface area contributed by atoms with Crippen LogP contribution in [-0.4, -0.2) is 144 Å². The number of sulfonamides is 1. The molecule has 3 saturated heterocycles. The smallest absolute Gasteiger partial charge is 0.379 e. The minimum atomic E-state index is -5.99. The van der Waals surface area contributed by atoms with E-state index < -0.39 is 46.9 Å². The molecule has 0 radical (unpaired) electrons. The highest BCUT2D eigenvalue weighted by Gasteiger charge is 2.56. The number of anilines is 1. The number of nitrogens with one attached hydrogen (secondary N) is 1. The molecule has 9 rings (SSSR count). The summed E-state index contributed by atoms with van der Waals surface area (Å²) in [5.74, 6) is 0.483. The van der Waals surface area contributed by atoms with E-state index in [0.29, 0.717) is 62.7 Å². The van der Waals surface area contributed by atoms with Crippen LogP contribution in [0, 0.1) is 0 Å². The van der Waals surface area contributed by atoms with Gasteiger partial charge in [0.1, 0.15) is 11.1 Å². The predicted octanol–water partition coefficient (Wildman–Crippen LogP) is 7.19. The Morgan fingerprint density at radius 3 is 2.32 bits per heavy atom. The number of morpholine rings is 1. The number of hydrogen-bond acceptors (Lipinski definition) is 12. The Kier molecular flexibility index (Phi) is 13.7. The average molecular weight is 985 g/mol. The normalized spacial score (nSPS) is 22.6. The van der Waals surface area contributed by atoms with E-state index in [1.807, 2.05) is 60.7 Å². The lowest BCUT2D eigenvalue weighted by molar-refractivity contribution is -0.0435. The molecule has 66 heavy (non-hydrogen) atoms. The zero-order valence-corrected chi connectivity index (χ0v) is 39.7. The maximum absolute atomic E-state index is 14.5. The highest BCUT2D eigenvalue weighted by molar-refractivity contribution is 7.99. The van der Waals surface area contributed by atoms with E-state index in [1.165, 1.54) is 23.3 Å². The lowest BCUT2D eigenvalue weighted by Gasteiger charge is -2.37. The third-order valence-corrected chi connectivity index (χ3v) is 17.9. The molecule has 0 spiro atoms.